The minimum absolute atomic E-state index is 0.0474. The maximum absolute atomic E-state index is 11.2. The summed E-state index contributed by atoms with van der Waals surface area (Å²) in [5, 5.41) is 5.89. The first kappa shape index (κ1) is 14.5. The Bertz CT molecular complexity index is 405. The highest BCUT2D eigenvalue weighted by atomic mass is 16.5. The van der Waals surface area contributed by atoms with Gasteiger partial charge in [-0.15, -0.1) is 0 Å². The molecule has 0 aliphatic rings. The number of nitrogens with one attached hydrogen (secondary N) is 2. The quantitative estimate of drug-likeness (QED) is 0.809. The molecule has 4 heteroatoms. The van der Waals surface area contributed by atoms with Crippen LogP contribution in [0.1, 0.15) is 31.0 Å². The zero-order valence-electron chi connectivity index (χ0n) is 11.5. The van der Waals surface area contributed by atoms with Crippen LogP contribution in [-0.4, -0.2) is 26.1 Å². The molecule has 0 fully saturated rings. The van der Waals surface area contributed by atoms with Gasteiger partial charge in [0, 0.05) is 18.7 Å². The number of ether oxygens (including phenoxy) is 1. The first-order chi connectivity index (χ1) is 8.58. The summed E-state index contributed by atoms with van der Waals surface area (Å²) in [6.07, 6.45) is 0. The highest BCUT2D eigenvalue weighted by Gasteiger charge is 2.12. The molecule has 1 unspecified atom stereocenters. The van der Waals surface area contributed by atoms with E-state index in [4.69, 9.17) is 4.74 Å². The first-order valence-corrected chi connectivity index (χ1v) is 6.25. The van der Waals surface area contributed by atoms with E-state index in [0.717, 1.165) is 23.4 Å². The molecule has 2 N–H and O–H groups in total. The average Bonchev–Trinajstić information content (AvgIpc) is 2.36. The summed E-state index contributed by atoms with van der Waals surface area (Å²) in [5.41, 5.74) is 2.20. The van der Waals surface area contributed by atoms with Gasteiger partial charge in [-0.25, -0.2) is 0 Å². The molecule has 0 aliphatic heterocycles. The lowest BCUT2D eigenvalue weighted by molar-refractivity contribution is -0.122. The van der Waals surface area contributed by atoms with Gasteiger partial charge in [0.15, 0.2) is 6.61 Å². The molecule has 1 rings (SSSR count). The van der Waals surface area contributed by atoms with Crippen molar-refractivity contribution < 1.29 is 9.53 Å². The number of rotatable bonds is 6. The van der Waals surface area contributed by atoms with Gasteiger partial charge in [-0.3, -0.25) is 4.79 Å². The molecule has 1 aromatic rings. The summed E-state index contributed by atoms with van der Waals surface area (Å²) < 4.78 is 5.59. The van der Waals surface area contributed by atoms with E-state index >= 15 is 0 Å². The third-order valence-corrected chi connectivity index (χ3v) is 2.78. The normalized spacial score (nSPS) is 12.0. The van der Waals surface area contributed by atoms with Gasteiger partial charge in [-0.1, -0.05) is 19.1 Å². The van der Waals surface area contributed by atoms with Gasteiger partial charge in [0.05, 0.1) is 0 Å². The van der Waals surface area contributed by atoms with E-state index in [1.807, 2.05) is 19.1 Å². The summed E-state index contributed by atoms with van der Waals surface area (Å²) in [7, 11) is 1.60. The molecule has 0 aliphatic carbocycles. The maximum Gasteiger partial charge on any atom is 0.257 e. The number of carbonyl (C=O) groups excluding carboxylic acids is 1. The van der Waals surface area contributed by atoms with Gasteiger partial charge in [-0.05, 0) is 32.0 Å². The number of hydrogen-bond donors (Lipinski definition) is 2. The minimum Gasteiger partial charge on any atom is -0.483 e. The lowest BCUT2D eigenvalue weighted by Crippen LogP contribution is -2.25. The average molecular weight is 250 g/mol. The topological polar surface area (TPSA) is 50.4 Å². The molecule has 1 atom stereocenters. The van der Waals surface area contributed by atoms with Crippen molar-refractivity contribution in [1.82, 2.24) is 10.6 Å². The molecule has 100 valence electrons. The van der Waals surface area contributed by atoms with Crippen molar-refractivity contribution in [2.45, 2.75) is 26.8 Å². The largest absolute Gasteiger partial charge is 0.483 e. The van der Waals surface area contributed by atoms with Crippen LogP contribution >= 0.6 is 0 Å². The third-order valence-electron chi connectivity index (χ3n) is 2.78. The van der Waals surface area contributed by atoms with Crippen molar-refractivity contribution >= 4 is 5.91 Å². The van der Waals surface area contributed by atoms with Crippen LogP contribution in [0.3, 0.4) is 0 Å². The highest BCUT2D eigenvalue weighted by molar-refractivity contribution is 5.77. The van der Waals surface area contributed by atoms with Crippen LogP contribution in [-0.2, 0) is 4.79 Å². The van der Waals surface area contributed by atoms with Crippen molar-refractivity contribution in [3.63, 3.8) is 0 Å². The van der Waals surface area contributed by atoms with Crippen molar-refractivity contribution in [3.8, 4) is 5.75 Å². The van der Waals surface area contributed by atoms with Crippen LogP contribution in [0.4, 0.5) is 0 Å². The monoisotopic (exact) mass is 250 g/mol. The second-order valence-electron chi connectivity index (χ2n) is 4.28. The summed E-state index contributed by atoms with van der Waals surface area (Å²) in [5.74, 6) is 0.644. The third kappa shape index (κ3) is 4.04. The van der Waals surface area contributed by atoms with Gasteiger partial charge in [-0.2, -0.15) is 0 Å². The van der Waals surface area contributed by atoms with Crippen molar-refractivity contribution in [3.05, 3.63) is 29.3 Å². The Kier molecular flexibility index (Phi) is 5.65. The summed E-state index contributed by atoms with van der Waals surface area (Å²) in [6, 6.07) is 6.26. The molecule has 0 saturated carbocycles. The molecular weight excluding hydrogens is 228 g/mol. The van der Waals surface area contributed by atoms with Gasteiger partial charge >= 0.3 is 0 Å². The van der Waals surface area contributed by atoms with Gasteiger partial charge in [0.2, 0.25) is 0 Å². The lowest BCUT2D eigenvalue weighted by Gasteiger charge is -2.18. The second kappa shape index (κ2) is 7.01. The predicted octanol–water partition coefficient (Wildman–Crippen LogP) is 1.79. The van der Waals surface area contributed by atoms with E-state index in [1.54, 1.807) is 7.05 Å². The fraction of sp³-hybridized carbons (Fsp3) is 0.500. The van der Waals surface area contributed by atoms with Crippen LogP contribution in [0, 0.1) is 6.92 Å². The summed E-state index contributed by atoms with van der Waals surface area (Å²) in [4.78, 5) is 11.2. The van der Waals surface area contributed by atoms with Crippen molar-refractivity contribution in [2.75, 3.05) is 20.2 Å². The minimum atomic E-state index is -0.126. The Hall–Kier alpha value is -1.55. The molecule has 0 spiro atoms. The van der Waals surface area contributed by atoms with Crippen LogP contribution in [0.2, 0.25) is 0 Å². The smallest absolute Gasteiger partial charge is 0.257 e. The zero-order chi connectivity index (χ0) is 13.5. The molecular formula is C14H22N2O2. The SMILES string of the molecule is CCNC(C)c1ccc(C)cc1OCC(=O)NC. The number of aryl methyl sites for hydroxylation is 1. The molecule has 0 aromatic heterocycles. The van der Waals surface area contributed by atoms with Gasteiger partial charge in [0.25, 0.3) is 5.91 Å². The molecule has 0 saturated heterocycles. The van der Waals surface area contributed by atoms with E-state index in [2.05, 4.69) is 30.5 Å². The first-order valence-electron chi connectivity index (χ1n) is 6.25. The van der Waals surface area contributed by atoms with E-state index in [-0.39, 0.29) is 18.6 Å². The molecule has 0 radical (unpaired) electrons. The lowest BCUT2D eigenvalue weighted by atomic mass is 10.0. The maximum atomic E-state index is 11.2. The van der Waals surface area contributed by atoms with Gasteiger partial charge in [0.1, 0.15) is 5.75 Å². The van der Waals surface area contributed by atoms with Gasteiger partial charge < -0.3 is 15.4 Å². The van der Waals surface area contributed by atoms with E-state index in [0.29, 0.717) is 0 Å². The number of carbonyl (C=O) groups is 1. The molecule has 0 bridgehead atoms. The van der Waals surface area contributed by atoms with E-state index in [9.17, 15) is 4.79 Å². The molecule has 0 heterocycles. The van der Waals surface area contributed by atoms with Crippen molar-refractivity contribution in [2.24, 2.45) is 0 Å². The fourth-order valence-corrected chi connectivity index (χ4v) is 1.76. The highest BCUT2D eigenvalue weighted by Crippen LogP contribution is 2.26. The Morgan fingerprint density at radius 1 is 1.44 bits per heavy atom. The second-order valence-corrected chi connectivity index (χ2v) is 4.28. The van der Waals surface area contributed by atoms with Crippen LogP contribution in [0.5, 0.6) is 5.75 Å². The Morgan fingerprint density at radius 2 is 2.17 bits per heavy atom. The Labute approximate surface area is 109 Å². The van der Waals surface area contributed by atoms with Crippen LogP contribution < -0.4 is 15.4 Å². The number of likely N-dealkylation sites (N-methyl/N-ethyl adjacent to an activating group) is 1. The predicted molar refractivity (Wildman–Crippen MR) is 72.8 cm³/mol. The fourth-order valence-electron chi connectivity index (χ4n) is 1.76. The molecule has 1 amide bonds. The van der Waals surface area contributed by atoms with E-state index in [1.165, 1.54) is 0 Å². The number of benzene rings is 1. The Balaban J connectivity index is 2.85. The summed E-state index contributed by atoms with van der Waals surface area (Å²) >= 11 is 0. The van der Waals surface area contributed by atoms with Crippen LogP contribution in [0.15, 0.2) is 18.2 Å². The Morgan fingerprint density at radius 3 is 2.78 bits per heavy atom. The van der Waals surface area contributed by atoms with Crippen molar-refractivity contribution in [1.29, 1.82) is 0 Å². The molecule has 18 heavy (non-hydrogen) atoms. The van der Waals surface area contributed by atoms with Crippen LogP contribution in [0.25, 0.3) is 0 Å². The summed E-state index contributed by atoms with van der Waals surface area (Å²) in [6.45, 7) is 7.10. The standard InChI is InChI=1S/C14H22N2O2/c1-5-16-11(3)12-7-6-10(2)8-13(12)18-9-14(17)15-4/h6-8,11,16H,5,9H2,1-4H3,(H,15,17). The molecule has 4 nitrogen and oxygen atoms in total. The number of amides is 1. The molecule has 1 aromatic carbocycles. The van der Waals surface area contributed by atoms with E-state index < -0.39 is 0 Å². The number of hydrogen-bond acceptors (Lipinski definition) is 3. The zero-order valence-corrected chi connectivity index (χ0v) is 11.5.